The first-order valence-corrected chi connectivity index (χ1v) is 8.95. The molecule has 1 heterocycles. The second-order valence-electron chi connectivity index (χ2n) is 5.57. The number of piperidine rings is 1. The molecule has 0 bridgehead atoms. The van der Waals surface area contributed by atoms with Gasteiger partial charge in [-0.05, 0) is 30.7 Å². The first kappa shape index (κ1) is 17.4. The molecule has 2 amide bonds. The molecule has 23 heavy (non-hydrogen) atoms. The van der Waals surface area contributed by atoms with Gasteiger partial charge in [0.15, 0.2) is 9.84 Å². The predicted molar refractivity (Wildman–Crippen MR) is 81.8 cm³/mol. The third-order valence-corrected chi connectivity index (χ3v) is 5.57. The lowest BCUT2D eigenvalue weighted by Crippen LogP contribution is -2.44. The number of hydrogen-bond donors (Lipinski definition) is 1. The summed E-state index contributed by atoms with van der Waals surface area (Å²) in [7, 11) is -1.93. The summed E-state index contributed by atoms with van der Waals surface area (Å²) in [5.41, 5.74) is 0. The van der Waals surface area contributed by atoms with Crippen molar-refractivity contribution in [2.24, 2.45) is 5.92 Å². The molecule has 0 aliphatic carbocycles. The number of nitrogens with zero attached hydrogens (tertiary/aromatic N) is 1. The zero-order chi connectivity index (χ0) is 17.0. The van der Waals surface area contributed by atoms with Gasteiger partial charge in [-0.25, -0.2) is 12.8 Å². The van der Waals surface area contributed by atoms with Crippen molar-refractivity contribution in [1.29, 1.82) is 0 Å². The van der Waals surface area contributed by atoms with Crippen LogP contribution < -0.4 is 5.32 Å². The smallest absolute Gasteiger partial charge is 0.224 e. The second-order valence-corrected chi connectivity index (χ2v) is 7.68. The second kappa shape index (κ2) is 7.08. The van der Waals surface area contributed by atoms with Gasteiger partial charge in [-0.3, -0.25) is 9.59 Å². The van der Waals surface area contributed by atoms with E-state index >= 15 is 0 Å². The van der Waals surface area contributed by atoms with Crippen molar-refractivity contribution in [3.8, 4) is 0 Å². The fourth-order valence-electron chi connectivity index (χ4n) is 2.44. The van der Waals surface area contributed by atoms with E-state index < -0.39 is 15.7 Å². The molecule has 0 spiro atoms. The van der Waals surface area contributed by atoms with E-state index in [0.29, 0.717) is 19.4 Å². The molecule has 126 valence electrons. The van der Waals surface area contributed by atoms with Crippen LogP contribution in [0.4, 0.5) is 4.39 Å². The standard InChI is InChI=1S/C15H19FN2O4S/c1-18-10-11(2-7-14(18)19)15(20)17-8-9-23(21,22)13-5-3-12(16)4-6-13/h3-6,11H,2,7-10H2,1H3,(H,17,20). The van der Waals surface area contributed by atoms with Crippen molar-refractivity contribution in [3.63, 3.8) is 0 Å². The van der Waals surface area contributed by atoms with Crippen LogP contribution in [-0.2, 0) is 19.4 Å². The van der Waals surface area contributed by atoms with Gasteiger partial charge in [0.25, 0.3) is 0 Å². The van der Waals surface area contributed by atoms with E-state index in [1.54, 1.807) is 7.05 Å². The van der Waals surface area contributed by atoms with Crippen LogP contribution in [-0.4, -0.2) is 51.0 Å². The Hall–Kier alpha value is -1.96. The molecule has 1 fully saturated rings. The molecule has 1 aliphatic rings. The molecule has 0 aromatic heterocycles. The van der Waals surface area contributed by atoms with Crippen LogP contribution in [0.2, 0.25) is 0 Å². The van der Waals surface area contributed by atoms with E-state index in [4.69, 9.17) is 0 Å². The van der Waals surface area contributed by atoms with Crippen LogP contribution in [0.15, 0.2) is 29.2 Å². The zero-order valence-electron chi connectivity index (χ0n) is 12.8. The Morgan fingerprint density at radius 2 is 2.00 bits per heavy atom. The molecule has 0 saturated carbocycles. The maximum Gasteiger partial charge on any atom is 0.224 e. The molecule has 1 aromatic rings. The number of benzene rings is 1. The lowest BCUT2D eigenvalue weighted by atomic mass is 9.97. The van der Waals surface area contributed by atoms with Crippen molar-refractivity contribution in [3.05, 3.63) is 30.1 Å². The average molecular weight is 342 g/mol. The van der Waals surface area contributed by atoms with Gasteiger partial charge >= 0.3 is 0 Å². The number of halogens is 1. The van der Waals surface area contributed by atoms with E-state index in [9.17, 15) is 22.4 Å². The van der Waals surface area contributed by atoms with Gasteiger partial charge in [0.2, 0.25) is 11.8 Å². The SMILES string of the molecule is CN1CC(C(=O)NCCS(=O)(=O)c2ccc(F)cc2)CCC1=O. The summed E-state index contributed by atoms with van der Waals surface area (Å²) in [6.07, 6.45) is 0.794. The average Bonchev–Trinajstić information content (AvgIpc) is 2.50. The highest BCUT2D eigenvalue weighted by atomic mass is 32.2. The number of sulfone groups is 1. The van der Waals surface area contributed by atoms with E-state index in [2.05, 4.69) is 5.32 Å². The normalized spacial score (nSPS) is 18.8. The quantitative estimate of drug-likeness (QED) is 0.794. The predicted octanol–water partition coefficient (Wildman–Crippen LogP) is 0.584. The number of likely N-dealkylation sites (tertiary alicyclic amines) is 1. The molecule has 6 nitrogen and oxygen atoms in total. The fraction of sp³-hybridized carbons (Fsp3) is 0.467. The molecular weight excluding hydrogens is 323 g/mol. The third kappa shape index (κ3) is 4.51. The lowest BCUT2D eigenvalue weighted by molar-refractivity contribution is -0.136. The van der Waals surface area contributed by atoms with Crippen LogP contribution in [0.3, 0.4) is 0 Å². The molecule has 1 atom stereocenters. The largest absolute Gasteiger partial charge is 0.355 e. The van der Waals surface area contributed by atoms with Crippen molar-refractivity contribution >= 4 is 21.7 Å². The number of hydrogen-bond acceptors (Lipinski definition) is 4. The maximum absolute atomic E-state index is 12.8. The van der Waals surface area contributed by atoms with Crippen LogP contribution in [0.25, 0.3) is 0 Å². The molecule has 1 N–H and O–H groups in total. The minimum Gasteiger partial charge on any atom is -0.355 e. The molecule has 2 rings (SSSR count). The number of amides is 2. The van der Waals surface area contributed by atoms with Crippen molar-refractivity contribution in [1.82, 2.24) is 10.2 Å². The highest BCUT2D eigenvalue weighted by Gasteiger charge is 2.28. The van der Waals surface area contributed by atoms with E-state index in [1.165, 1.54) is 17.0 Å². The molecule has 8 heteroatoms. The first-order valence-electron chi connectivity index (χ1n) is 7.29. The maximum atomic E-state index is 12.8. The lowest BCUT2D eigenvalue weighted by Gasteiger charge is -2.28. The van der Waals surface area contributed by atoms with Crippen molar-refractivity contribution in [2.45, 2.75) is 17.7 Å². The van der Waals surface area contributed by atoms with Crippen molar-refractivity contribution < 1.29 is 22.4 Å². The fourth-order valence-corrected chi connectivity index (χ4v) is 3.60. The minimum absolute atomic E-state index is 0.00735. The van der Waals surface area contributed by atoms with Crippen molar-refractivity contribution in [2.75, 3.05) is 25.9 Å². The van der Waals surface area contributed by atoms with Gasteiger partial charge in [0.1, 0.15) is 5.82 Å². The molecule has 0 radical (unpaired) electrons. The summed E-state index contributed by atoms with van der Waals surface area (Å²) in [5.74, 6) is -1.32. The summed E-state index contributed by atoms with van der Waals surface area (Å²) in [6.45, 7) is 0.322. The molecule has 1 aromatic carbocycles. The summed E-state index contributed by atoms with van der Waals surface area (Å²) in [4.78, 5) is 24.9. The van der Waals surface area contributed by atoms with Gasteiger partial charge in [0.05, 0.1) is 16.6 Å². The van der Waals surface area contributed by atoms with Gasteiger partial charge in [0, 0.05) is 26.6 Å². The molecular formula is C15H19FN2O4S. The Labute approximate surface area is 134 Å². The Morgan fingerprint density at radius 3 is 2.61 bits per heavy atom. The van der Waals surface area contributed by atoms with E-state index in [0.717, 1.165) is 12.1 Å². The molecule has 1 unspecified atom stereocenters. The Morgan fingerprint density at radius 1 is 1.35 bits per heavy atom. The summed E-state index contributed by atoms with van der Waals surface area (Å²) >= 11 is 0. The van der Waals surface area contributed by atoms with Gasteiger partial charge in [-0.1, -0.05) is 0 Å². The van der Waals surface area contributed by atoms with E-state index in [-0.39, 0.29) is 34.9 Å². The van der Waals surface area contributed by atoms with Gasteiger partial charge < -0.3 is 10.2 Å². The van der Waals surface area contributed by atoms with Crippen LogP contribution in [0.1, 0.15) is 12.8 Å². The summed E-state index contributed by atoms with van der Waals surface area (Å²) in [6, 6.07) is 4.57. The van der Waals surface area contributed by atoms with E-state index in [1.807, 2.05) is 0 Å². The summed E-state index contributed by atoms with van der Waals surface area (Å²) < 4.78 is 37.0. The third-order valence-electron chi connectivity index (χ3n) is 3.84. The first-order chi connectivity index (χ1) is 10.8. The van der Waals surface area contributed by atoms with Gasteiger partial charge in [-0.2, -0.15) is 0 Å². The van der Waals surface area contributed by atoms with Crippen LogP contribution in [0, 0.1) is 11.7 Å². The molecule has 1 saturated heterocycles. The number of rotatable bonds is 5. The Bertz CT molecular complexity index is 688. The highest BCUT2D eigenvalue weighted by molar-refractivity contribution is 7.91. The highest BCUT2D eigenvalue weighted by Crippen LogP contribution is 2.16. The zero-order valence-corrected chi connectivity index (χ0v) is 13.6. The van der Waals surface area contributed by atoms with Gasteiger partial charge in [-0.15, -0.1) is 0 Å². The summed E-state index contributed by atoms with van der Waals surface area (Å²) in [5, 5.41) is 2.59. The number of carbonyl (C=O) groups is 2. The number of carbonyl (C=O) groups excluding carboxylic acids is 2. The molecule has 1 aliphatic heterocycles. The Balaban J connectivity index is 1.85. The number of nitrogens with one attached hydrogen (secondary N) is 1. The minimum atomic E-state index is -3.57. The Kier molecular flexibility index (Phi) is 5.35. The van der Waals surface area contributed by atoms with Crippen LogP contribution >= 0.6 is 0 Å². The van der Waals surface area contributed by atoms with Crippen LogP contribution in [0.5, 0.6) is 0 Å². The monoisotopic (exact) mass is 342 g/mol. The topological polar surface area (TPSA) is 83.6 Å².